The van der Waals surface area contributed by atoms with Crippen LogP contribution in [0.2, 0.25) is 10.2 Å². The maximum Gasteiger partial charge on any atom is 0.274 e. The lowest BCUT2D eigenvalue weighted by atomic mass is 9.91. The molecule has 2 saturated heterocycles. The summed E-state index contributed by atoms with van der Waals surface area (Å²) in [6.45, 7) is 1.10. The molecule has 1 aromatic rings. The number of amides is 2. The Morgan fingerprint density at radius 2 is 2.20 bits per heavy atom. The minimum Gasteiger partial charge on any atom is -0.354 e. The van der Waals surface area contributed by atoms with Gasteiger partial charge in [0.25, 0.3) is 5.91 Å². The Morgan fingerprint density at radius 1 is 1.40 bits per heavy atom. The van der Waals surface area contributed by atoms with Crippen molar-refractivity contribution >= 4 is 35.0 Å². The first-order valence-corrected chi connectivity index (χ1v) is 7.24. The summed E-state index contributed by atoms with van der Waals surface area (Å²) >= 11 is 11.9. The predicted molar refractivity (Wildman–Crippen MR) is 74.8 cm³/mol. The summed E-state index contributed by atoms with van der Waals surface area (Å²) in [7, 11) is 0. The van der Waals surface area contributed by atoms with Crippen molar-refractivity contribution in [1.29, 1.82) is 0 Å². The Balaban J connectivity index is 1.90. The normalized spacial score (nSPS) is 25.3. The van der Waals surface area contributed by atoms with Crippen molar-refractivity contribution in [3.63, 3.8) is 0 Å². The van der Waals surface area contributed by atoms with Crippen molar-refractivity contribution < 1.29 is 9.59 Å². The van der Waals surface area contributed by atoms with Gasteiger partial charge >= 0.3 is 0 Å². The number of nitrogens with zero attached hydrogens (tertiary/aromatic N) is 2. The van der Waals surface area contributed by atoms with Crippen LogP contribution in [0.15, 0.2) is 12.1 Å². The number of aromatic nitrogens is 1. The van der Waals surface area contributed by atoms with Crippen LogP contribution in [0.25, 0.3) is 0 Å². The largest absolute Gasteiger partial charge is 0.354 e. The molecule has 1 N–H and O–H groups in total. The maximum absolute atomic E-state index is 12.6. The molecule has 2 amide bonds. The number of nitrogens with one attached hydrogen (secondary N) is 1. The highest BCUT2D eigenvalue weighted by molar-refractivity contribution is 6.34. The van der Waals surface area contributed by atoms with E-state index in [9.17, 15) is 9.59 Å². The van der Waals surface area contributed by atoms with Gasteiger partial charge in [-0.05, 0) is 25.0 Å². The quantitative estimate of drug-likeness (QED) is 0.803. The van der Waals surface area contributed by atoms with Gasteiger partial charge in [-0.15, -0.1) is 0 Å². The van der Waals surface area contributed by atoms with E-state index >= 15 is 0 Å². The van der Waals surface area contributed by atoms with Crippen molar-refractivity contribution in [2.45, 2.75) is 18.9 Å². The van der Waals surface area contributed by atoms with Crippen LogP contribution in [0.5, 0.6) is 0 Å². The zero-order valence-electron chi connectivity index (χ0n) is 10.6. The van der Waals surface area contributed by atoms with Crippen LogP contribution in [0.3, 0.4) is 0 Å². The molecule has 2 unspecified atom stereocenters. The number of pyridine rings is 1. The summed E-state index contributed by atoms with van der Waals surface area (Å²) in [5.74, 6) is -0.355. The molecule has 0 aliphatic carbocycles. The number of hydrogen-bond donors (Lipinski definition) is 1. The zero-order chi connectivity index (χ0) is 14.3. The fourth-order valence-corrected chi connectivity index (χ4v) is 3.24. The van der Waals surface area contributed by atoms with E-state index in [1.165, 1.54) is 0 Å². The number of carbonyl (C=O) groups excluding carboxylic acids is 2. The topological polar surface area (TPSA) is 62.3 Å². The van der Waals surface area contributed by atoms with E-state index in [0.717, 1.165) is 12.8 Å². The SMILES string of the molecule is O=C1NCC2C1CCCN2C(=O)c1nc(Cl)ccc1Cl. The second-order valence-electron chi connectivity index (χ2n) is 5.02. The van der Waals surface area contributed by atoms with Gasteiger partial charge in [0.1, 0.15) is 10.8 Å². The van der Waals surface area contributed by atoms with Gasteiger partial charge in [0.05, 0.1) is 17.0 Å². The Hall–Kier alpha value is -1.33. The Morgan fingerprint density at radius 3 is 3.00 bits per heavy atom. The number of rotatable bonds is 1. The summed E-state index contributed by atoms with van der Waals surface area (Å²) in [5.41, 5.74) is 0.152. The number of halogens is 2. The average molecular weight is 314 g/mol. The van der Waals surface area contributed by atoms with E-state index in [-0.39, 0.29) is 39.6 Å². The van der Waals surface area contributed by atoms with E-state index in [0.29, 0.717) is 13.1 Å². The molecule has 2 atom stereocenters. The van der Waals surface area contributed by atoms with Gasteiger partial charge in [0.15, 0.2) is 0 Å². The van der Waals surface area contributed by atoms with E-state index < -0.39 is 0 Å². The first kappa shape index (κ1) is 13.6. The molecule has 3 heterocycles. The third kappa shape index (κ3) is 2.25. The Bertz CT molecular complexity index is 579. The number of hydrogen-bond acceptors (Lipinski definition) is 3. The van der Waals surface area contributed by atoms with Crippen molar-refractivity contribution in [3.8, 4) is 0 Å². The molecule has 5 nitrogen and oxygen atoms in total. The van der Waals surface area contributed by atoms with E-state index in [1.807, 2.05) is 0 Å². The van der Waals surface area contributed by atoms with Gasteiger partial charge in [0, 0.05) is 13.1 Å². The van der Waals surface area contributed by atoms with E-state index in [2.05, 4.69) is 10.3 Å². The number of carbonyl (C=O) groups is 2. The lowest BCUT2D eigenvalue weighted by molar-refractivity contribution is -0.123. The fraction of sp³-hybridized carbons (Fsp3) is 0.462. The molecular formula is C13H13Cl2N3O2. The van der Waals surface area contributed by atoms with Crippen LogP contribution in [0, 0.1) is 5.92 Å². The summed E-state index contributed by atoms with van der Waals surface area (Å²) in [6, 6.07) is 2.99. The molecule has 3 rings (SSSR count). The van der Waals surface area contributed by atoms with Crippen molar-refractivity contribution in [2.75, 3.05) is 13.1 Å². The molecule has 2 aliphatic heterocycles. The molecule has 2 fully saturated rings. The molecule has 0 radical (unpaired) electrons. The highest BCUT2D eigenvalue weighted by Gasteiger charge is 2.43. The van der Waals surface area contributed by atoms with Crippen LogP contribution in [-0.4, -0.2) is 40.8 Å². The monoisotopic (exact) mass is 313 g/mol. The average Bonchev–Trinajstić information content (AvgIpc) is 2.83. The third-order valence-electron chi connectivity index (χ3n) is 3.88. The smallest absolute Gasteiger partial charge is 0.274 e. The molecule has 1 aromatic heterocycles. The molecule has 0 spiro atoms. The number of fused-ring (bicyclic) bond motifs is 1. The third-order valence-corrected chi connectivity index (χ3v) is 4.39. The Labute approximate surface area is 126 Å². The summed E-state index contributed by atoms with van der Waals surface area (Å²) < 4.78 is 0. The van der Waals surface area contributed by atoms with Crippen LogP contribution < -0.4 is 5.32 Å². The predicted octanol–water partition coefficient (Wildman–Crippen LogP) is 1.74. The van der Waals surface area contributed by atoms with E-state index in [4.69, 9.17) is 23.2 Å². The molecule has 0 saturated carbocycles. The first-order valence-electron chi connectivity index (χ1n) is 6.48. The highest BCUT2D eigenvalue weighted by Crippen LogP contribution is 2.29. The summed E-state index contributed by atoms with van der Waals surface area (Å²) in [6.07, 6.45) is 1.62. The van der Waals surface area contributed by atoms with Crippen LogP contribution >= 0.6 is 23.2 Å². The fourth-order valence-electron chi connectivity index (χ4n) is 2.91. The minimum absolute atomic E-state index is 0.0256. The second-order valence-corrected chi connectivity index (χ2v) is 5.82. The lowest BCUT2D eigenvalue weighted by Crippen LogP contribution is -2.49. The van der Waals surface area contributed by atoms with Crippen molar-refractivity contribution in [1.82, 2.24) is 15.2 Å². The van der Waals surface area contributed by atoms with Gasteiger partial charge in [-0.2, -0.15) is 0 Å². The lowest BCUT2D eigenvalue weighted by Gasteiger charge is -2.35. The van der Waals surface area contributed by atoms with Gasteiger partial charge < -0.3 is 10.2 Å². The van der Waals surface area contributed by atoms with Crippen LogP contribution in [-0.2, 0) is 4.79 Å². The Kier molecular flexibility index (Phi) is 3.56. The standard InChI is InChI=1S/C13H13Cl2N3O2/c14-8-3-4-10(15)17-11(8)13(20)18-5-1-2-7-9(18)6-16-12(7)19/h3-4,7,9H,1-2,5-6H2,(H,16,19). The molecule has 0 aromatic carbocycles. The summed E-state index contributed by atoms with van der Waals surface area (Å²) in [4.78, 5) is 30.0. The highest BCUT2D eigenvalue weighted by atomic mass is 35.5. The maximum atomic E-state index is 12.6. The molecule has 20 heavy (non-hydrogen) atoms. The van der Waals surface area contributed by atoms with E-state index in [1.54, 1.807) is 17.0 Å². The minimum atomic E-state index is -0.260. The van der Waals surface area contributed by atoms with Gasteiger partial charge in [-0.3, -0.25) is 9.59 Å². The van der Waals surface area contributed by atoms with Crippen molar-refractivity contribution in [3.05, 3.63) is 28.0 Å². The molecule has 106 valence electrons. The molecule has 0 bridgehead atoms. The number of likely N-dealkylation sites (tertiary alicyclic amines) is 1. The zero-order valence-corrected chi connectivity index (χ0v) is 12.1. The van der Waals surface area contributed by atoms with Crippen molar-refractivity contribution in [2.24, 2.45) is 5.92 Å². The van der Waals surface area contributed by atoms with Crippen LogP contribution in [0.1, 0.15) is 23.3 Å². The van der Waals surface area contributed by atoms with Gasteiger partial charge in [0.2, 0.25) is 5.91 Å². The van der Waals surface area contributed by atoms with Gasteiger partial charge in [-0.25, -0.2) is 4.98 Å². The summed E-state index contributed by atoms with van der Waals surface area (Å²) in [5, 5.41) is 3.32. The first-order chi connectivity index (χ1) is 9.58. The molecule has 2 aliphatic rings. The molecular weight excluding hydrogens is 301 g/mol. The second kappa shape index (κ2) is 5.22. The van der Waals surface area contributed by atoms with Gasteiger partial charge in [-0.1, -0.05) is 23.2 Å². The molecule has 7 heteroatoms. The number of piperidine rings is 1. The van der Waals surface area contributed by atoms with Crippen LogP contribution in [0.4, 0.5) is 0 Å².